The third-order valence-corrected chi connectivity index (χ3v) is 3.52. The van der Waals surface area contributed by atoms with Gasteiger partial charge in [-0.3, -0.25) is 0 Å². The highest BCUT2D eigenvalue weighted by atomic mass is 16.2. The monoisotopic (exact) mass is 274 g/mol. The van der Waals surface area contributed by atoms with E-state index in [2.05, 4.69) is 15.4 Å². The SMILES string of the molecule is NC(=O)N/N=C(\CCN1CCCCC1)c1ccccc1. The van der Waals surface area contributed by atoms with Crippen LogP contribution in [0.25, 0.3) is 0 Å². The van der Waals surface area contributed by atoms with Crippen LogP contribution >= 0.6 is 0 Å². The molecule has 5 heteroatoms. The van der Waals surface area contributed by atoms with Gasteiger partial charge in [0.05, 0.1) is 5.71 Å². The molecule has 108 valence electrons. The Morgan fingerprint density at radius 3 is 2.55 bits per heavy atom. The number of carbonyl (C=O) groups is 1. The fourth-order valence-electron chi connectivity index (χ4n) is 2.46. The van der Waals surface area contributed by atoms with E-state index >= 15 is 0 Å². The molecule has 0 bridgehead atoms. The average Bonchev–Trinajstić information content (AvgIpc) is 2.49. The van der Waals surface area contributed by atoms with E-state index in [1.165, 1.54) is 19.3 Å². The second kappa shape index (κ2) is 7.65. The topological polar surface area (TPSA) is 70.7 Å². The summed E-state index contributed by atoms with van der Waals surface area (Å²) in [5.41, 5.74) is 9.33. The Kier molecular flexibility index (Phi) is 5.55. The molecule has 0 atom stereocenters. The summed E-state index contributed by atoms with van der Waals surface area (Å²) in [6, 6.07) is 9.27. The van der Waals surface area contributed by atoms with Crippen molar-refractivity contribution in [2.75, 3.05) is 19.6 Å². The number of primary amides is 1. The van der Waals surface area contributed by atoms with E-state index in [9.17, 15) is 4.79 Å². The molecule has 1 fully saturated rings. The maximum atomic E-state index is 10.8. The minimum atomic E-state index is -0.628. The molecule has 0 saturated carbocycles. The van der Waals surface area contributed by atoms with Gasteiger partial charge in [0.2, 0.25) is 0 Å². The zero-order chi connectivity index (χ0) is 14.2. The molecule has 3 N–H and O–H groups in total. The average molecular weight is 274 g/mol. The number of hydrazone groups is 1. The quantitative estimate of drug-likeness (QED) is 0.636. The minimum Gasteiger partial charge on any atom is -0.350 e. The summed E-state index contributed by atoms with van der Waals surface area (Å²) in [5, 5.41) is 4.14. The third-order valence-electron chi connectivity index (χ3n) is 3.52. The van der Waals surface area contributed by atoms with Crippen molar-refractivity contribution in [3.05, 3.63) is 35.9 Å². The Morgan fingerprint density at radius 1 is 1.20 bits per heavy atom. The second-order valence-electron chi connectivity index (χ2n) is 5.05. The first-order chi connectivity index (χ1) is 9.75. The molecule has 0 spiro atoms. The second-order valence-corrected chi connectivity index (χ2v) is 5.05. The van der Waals surface area contributed by atoms with Crippen LogP contribution in [0.5, 0.6) is 0 Å². The molecular formula is C15H22N4O. The van der Waals surface area contributed by atoms with Crippen LogP contribution in [-0.4, -0.2) is 36.3 Å². The Bertz CT molecular complexity index is 452. The molecular weight excluding hydrogens is 252 g/mol. The van der Waals surface area contributed by atoms with E-state index in [-0.39, 0.29) is 0 Å². The zero-order valence-electron chi connectivity index (χ0n) is 11.7. The zero-order valence-corrected chi connectivity index (χ0v) is 11.7. The molecule has 0 aliphatic carbocycles. The predicted octanol–water partition coefficient (Wildman–Crippen LogP) is 1.93. The molecule has 1 aromatic carbocycles. The number of likely N-dealkylation sites (tertiary alicyclic amines) is 1. The van der Waals surface area contributed by atoms with E-state index in [0.29, 0.717) is 0 Å². The van der Waals surface area contributed by atoms with Crippen molar-refractivity contribution in [3.63, 3.8) is 0 Å². The molecule has 1 aliphatic heterocycles. The van der Waals surface area contributed by atoms with E-state index in [4.69, 9.17) is 5.73 Å². The van der Waals surface area contributed by atoms with Crippen LogP contribution in [0.4, 0.5) is 4.79 Å². The summed E-state index contributed by atoms with van der Waals surface area (Å²) in [6.07, 6.45) is 4.69. The minimum absolute atomic E-state index is 0.628. The first-order valence-corrected chi connectivity index (χ1v) is 7.15. The first-order valence-electron chi connectivity index (χ1n) is 7.15. The van der Waals surface area contributed by atoms with Gasteiger partial charge in [-0.25, -0.2) is 10.2 Å². The molecule has 5 nitrogen and oxygen atoms in total. The molecule has 0 aromatic heterocycles. The van der Waals surface area contributed by atoms with Gasteiger partial charge in [-0.1, -0.05) is 36.8 Å². The van der Waals surface area contributed by atoms with Gasteiger partial charge >= 0.3 is 6.03 Å². The van der Waals surface area contributed by atoms with Crippen LogP contribution in [0.2, 0.25) is 0 Å². The van der Waals surface area contributed by atoms with Crippen LogP contribution in [-0.2, 0) is 0 Å². The summed E-state index contributed by atoms with van der Waals surface area (Å²) < 4.78 is 0. The van der Waals surface area contributed by atoms with Crippen molar-refractivity contribution in [2.45, 2.75) is 25.7 Å². The number of hydrogen-bond acceptors (Lipinski definition) is 3. The van der Waals surface area contributed by atoms with Crippen LogP contribution in [0.15, 0.2) is 35.4 Å². The van der Waals surface area contributed by atoms with Gasteiger partial charge in [-0.15, -0.1) is 0 Å². The van der Waals surface area contributed by atoms with Crippen molar-refractivity contribution < 1.29 is 4.79 Å². The lowest BCUT2D eigenvalue weighted by atomic mass is 10.1. The van der Waals surface area contributed by atoms with E-state index in [0.717, 1.165) is 37.3 Å². The molecule has 2 rings (SSSR count). The maximum Gasteiger partial charge on any atom is 0.332 e. The van der Waals surface area contributed by atoms with Crippen LogP contribution in [0.3, 0.4) is 0 Å². The number of carbonyl (C=O) groups excluding carboxylic acids is 1. The fraction of sp³-hybridized carbons (Fsp3) is 0.467. The van der Waals surface area contributed by atoms with E-state index < -0.39 is 6.03 Å². The number of hydrogen-bond donors (Lipinski definition) is 2. The molecule has 0 radical (unpaired) electrons. The lowest BCUT2D eigenvalue weighted by molar-refractivity contribution is 0.235. The Hall–Kier alpha value is -1.88. The van der Waals surface area contributed by atoms with Gasteiger partial charge in [0.25, 0.3) is 0 Å². The fourth-order valence-corrected chi connectivity index (χ4v) is 2.46. The Labute approximate surface area is 119 Å². The number of benzene rings is 1. The van der Waals surface area contributed by atoms with Gasteiger partial charge in [0, 0.05) is 13.0 Å². The smallest absolute Gasteiger partial charge is 0.332 e. The summed E-state index contributed by atoms with van der Waals surface area (Å²) in [6.45, 7) is 3.28. The molecule has 1 heterocycles. The number of amides is 2. The molecule has 0 unspecified atom stereocenters. The normalized spacial score (nSPS) is 16.9. The van der Waals surface area contributed by atoms with Gasteiger partial charge < -0.3 is 10.6 Å². The van der Waals surface area contributed by atoms with Crippen LogP contribution < -0.4 is 11.2 Å². The van der Waals surface area contributed by atoms with Crippen molar-refractivity contribution in [3.8, 4) is 0 Å². The summed E-state index contributed by atoms with van der Waals surface area (Å²) in [7, 11) is 0. The number of nitrogens with one attached hydrogen (secondary N) is 1. The highest BCUT2D eigenvalue weighted by Gasteiger charge is 2.12. The van der Waals surface area contributed by atoms with Gasteiger partial charge in [-0.2, -0.15) is 5.10 Å². The first kappa shape index (κ1) is 14.5. The van der Waals surface area contributed by atoms with Crippen molar-refractivity contribution in [2.24, 2.45) is 10.8 Å². The predicted molar refractivity (Wildman–Crippen MR) is 80.6 cm³/mol. The summed E-state index contributed by atoms with van der Waals surface area (Å²) in [4.78, 5) is 13.3. The number of rotatable bonds is 5. The molecule has 1 aromatic rings. The molecule has 1 saturated heterocycles. The lowest BCUT2D eigenvalue weighted by Crippen LogP contribution is -2.32. The lowest BCUT2D eigenvalue weighted by Gasteiger charge is -2.26. The third kappa shape index (κ3) is 4.66. The van der Waals surface area contributed by atoms with Crippen molar-refractivity contribution in [1.29, 1.82) is 0 Å². The number of nitrogens with zero attached hydrogens (tertiary/aromatic N) is 2. The van der Waals surface area contributed by atoms with Gasteiger partial charge in [0.1, 0.15) is 0 Å². The summed E-state index contributed by atoms with van der Waals surface area (Å²) >= 11 is 0. The number of urea groups is 1. The van der Waals surface area contributed by atoms with Crippen molar-refractivity contribution >= 4 is 11.7 Å². The van der Waals surface area contributed by atoms with Gasteiger partial charge in [0.15, 0.2) is 0 Å². The van der Waals surface area contributed by atoms with E-state index in [1.807, 2.05) is 30.3 Å². The standard InChI is InChI=1S/C15H22N4O/c16-15(20)18-17-14(13-7-3-1-4-8-13)9-12-19-10-5-2-6-11-19/h1,3-4,7-8H,2,5-6,9-12H2,(H3,16,18,20)/b17-14+. The van der Waals surface area contributed by atoms with Crippen molar-refractivity contribution in [1.82, 2.24) is 10.3 Å². The maximum absolute atomic E-state index is 10.8. The highest BCUT2D eigenvalue weighted by molar-refractivity contribution is 6.01. The number of nitrogens with two attached hydrogens (primary N) is 1. The van der Waals surface area contributed by atoms with Crippen LogP contribution in [0, 0.1) is 0 Å². The van der Waals surface area contributed by atoms with Gasteiger partial charge in [-0.05, 0) is 31.5 Å². The Morgan fingerprint density at radius 2 is 1.90 bits per heavy atom. The number of piperidine rings is 1. The molecule has 1 aliphatic rings. The summed E-state index contributed by atoms with van der Waals surface area (Å²) in [5.74, 6) is 0. The Balaban J connectivity index is 1.99. The van der Waals surface area contributed by atoms with E-state index in [1.54, 1.807) is 0 Å². The molecule has 20 heavy (non-hydrogen) atoms. The van der Waals surface area contributed by atoms with Crippen LogP contribution in [0.1, 0.15) is 31.2 Å². The largest absolute Gasteiger partial charge is 0.350 e. The molecule has 2 amide bonds. The highest BCUT2D eigenvalue weighted by Crippen LogP contribution is 2.11.